The summed E-state index contributed by atoms with van der Waals surface area (Å²) < 4.78 is 5.43. The first-order valence-electron chi connectivity index (χ1n) is 6.21. The fourth-order valence-electron chi connectivity index (χ4n) is 2.08. The third kappa shape index (κ3) is 2.62. The Morgan fingerprint density at radius 1 is 1.24 bits per heavy atom. The molecule has 6 heteroatoms. The van der Waals surface area contributed by atoms with Crippen LogP contribution in [0.5, 0.6) is 0 Å². The minimum Gasteiger partial charge on any atom is -0.465 e. The number of carbonyl (C=O) groups excluding carboxylic acids is 1. The molecule has 0 aliphatic heterocycles. The van der Waals surface area contributed by atoms with Gasteiger partial charge in [0.2, 0.25) is 0 Å². The van der Waals surface area contributed by atoms with Crippen molar-refractivity contribution < 1.29 is 9.53 Å². The SMILES string of the molecule is COC(=O)c1ccc2c(C)nc(-c3ccc(Cl)s3)nc2c1. The highest BCUT2D eigenvalue weighted by molar-refractivity contribution is 7.19. The van der Waals surface area contributed by atoms with E-state index in [0.29, 0.717) is 21.2 Å². The minimum absolute atomic E-state index is 0.381. The summed E-state index contributed by atoms with van der Waals surface area (Å²) in [6.45, 7) is 1.92. The number of ether oxygens (including phenoxy) is 1. The lowest BCUT2D eigenvalue weighted by Crippen LogP contribution is -2.02. The van der Waals surface area contributed by atoms with Gasteiger partial charge >= 0.3 is 5.97 Å². The zero-order chi connectivity index (χ0) is 15.0. The number of fused-ring (bicyclic) bond motifs is 1. The average Bonchev–Trinajstić information content (AvgIpc) is 2.92. The molecule has 0 spiro atoms. The van der Waals surface area contributed by atoms with Crippen molar-refractivity contribution in [3.63, 3.8) is 0 Å². The maximum absolute atomic E-state index is 11.6. The number of methoxy groups -OCH3 is 1. The number of esters is 1. The highest BCUT2D eigenvalue weighted by Crippen LogP contribution is 2.30. The molecule has 0 unspecified atom stereocenters. The molecule has 0 aliphatic rings. The van der Waals surface area contributed by atoms with Crippen LogP contribution in [-0.2, 0) is 4.74 Å². The van der Waals surface area contributed by atoms with Gasteiger partial charge in [0.05, 0.1) is 27.4 Å². The Labute approximate surface area is 130 Å². The Morgan fingerprint density at radius 3 is 2.71 bits per heavy atom. The van der Waals surface area contributed by atoms with Crippen LogP contribution < -0.4 is 0 Å². The minimum atomic E-state index is -0.381. The lowest BCUT2D eigenvalue weighted by atomic mass is 10.1. The fourth-order valence-corrected chi connectivity index (χ4v) is 3.05. The molecule has 0 radical (unpaired) electrons. The van der Waals surface area contributed by atoms with E-state index in [1.165, 1.54) is 18.4 Å². The van der Waals surface area contributed by atoms with Gasteiger partial charge in [-0.3, -0.25) is 0 Å². The molecule has 106 valence electrons. The van der Waals surface area contributed by atoms with Crippen LogP contribution in [0.2, 0.25) is 4.34 Å². The highest BCUT2D eigenvalue weighted by atomic mass is 35.5. The molecule has 0 bridgehead atoms. The van der Waals surface area contributed by atoms with Crippen molar-refractivity contribution in [2.45, 2.75) is 6.92 Å². The summed E-state index contributed by atoms with van der Waals surface area (Å²) in [5.41, 5.74) is 2.04. The van der Waals surface area contributed by atoms with E-state index in [1.54, 1.807) is 12.1 Å². The van der Waals surface area contributed by atoms with Gasteiger partial charge in [-0.25, -0.2) is 14.8 Å². The number of nitrogens with zero attached hydrogens (tertiary/aromatic N) is 2. The number of hydrogen-bond acceptors (Lipinski definition) is 5. The average molecular weight is 319 g/mol. The summed E-state index contributed by atoms with van der Waals surface area (Å²) in [6.07, 6.45) is 0. The monoisotopic (exact) mass is 318 g/mol. The first-order chi connectivity index (χ1) is 10.1. The molecule has 0 saturated heterocycles. The van der Waals surface area contributed by atoms with Crippen molar-refractivity contribution in [1.82, 2.24) is 9.97 Å². The van der Waals surface area contributed by atoms with Gasteiger partial charge < -0.3 is 4.74 Å². The molecule has 0 N–H and O–H groups in total. The smallest absolute Gasteiger partial charge is 0.337 e. The molecule has 2 aromatic heterocycles. The van der Waals surface area contributed by atoms with Gasteiger partial charge in [0.15, 0.2) is 5.82 Å². The topological polar surface area (TPSA) is 52.1 Å². The molecule has 3 aromatic rings. The van der Waals surface area contributed by atoms with Crippen LogP contribution in [0.25, 0.3) is 21.6 Å². The van der Waals surface area contributed by atoms with Crippen LogP contribution in [0, 0.1) is 6.92 Å². The Morgan fingerprint density at radius 2 is 2.05 bits per heavy atom. The second-order valence-corrected chi connectivity index (χ2v) is 6.17. The molecular formula is C15H11ClN2O2S. The quantitative estimate of drug-likeness (QED) is 0.667. The molecule has 0 atom stereocenters. The molecule has 0 saturated carbocycles. The Hall–Kier alpha value is -1.98. The Bertz CT molecular complexity index is 845. The van der Waals surface area contributed by atoms with Crippen molar-refractivity contribution in [3.8, 4) is 10.7 Å². The lowest BCUT2D eigenvalue weighted by Gasteiger charge is -2.06. The van der Waals surface area contributed by atoms with E-state index in [2.05, 4.69) is 9.97 Å². The maximum Gasteiger partial charge on any atom is 0.337 e. The summed E-state index contributed by atoms with van der Waals surface area (Å²) >= 11 is 7.38. The molecule has 0 amide bonds. The van der Waals surface area contributed by atoms with Crippen molar-refractivity contribution in [1.29, 1.82) is 0 Å². The second-order valence-electron chi connectivity index (χ2n) is 4.46. The molecule has 4 nitrogen and oxygen atoms in total. The maximum atomic E-state index is 11.6. The van der Waals surface area contributed by atoms with E-state index < -0.39 is 0 Å². The molecule has 0 fully saturated rings. The van der Waals surface area contributed by atoms with E-state index in [9.17, 15) is 4.79 Å². The second kappa shape index (κ2) is 5.42. The summed E-state index contributed by atoms with van der Waals surface area (Å²) in [4.78, 5) is 21.5. The van der Waals surface area contributed by atoms with E-state index in [0.717, 1.165) is 16.0 Å². The number of rotatable bonds is 2. The zero-order valence-electron chi connectivity index (χ0n) is 11.4. The molecule has 1 aromatic carbocycles. The standard InChI is InChI=1S/C15H11ClN2O2S/c1-8-10-4-3-9(15(19)20-2)7-11(10)18-14(17-8)12-5-6-13(16)21-12/h3-7H,1-2H3. The summed E-state index contributed by atoms with van der Waals surface area (Å²) in [7, 11) is 1.36. The normalized spacial score (nSPS) is 10.8. The molecule has 2 heterocycles. The molecule has 21 heavy (non-hydrogen) atoms. The molecular weight excluding hydrogens is 308 g/mol. The summed E-state index contributed by atoms with van der Waals surface area (Å²) in [5, 5.41) is 0.911. The number of carbonyl (C=O) groups is 1. The largest absolute Gasteiger partial charge is 0.465 e. The van der Waals surface area contributed by atoms with E-state index in [4.69, 9.17) is 16.3 Å². The zero-order valence-corrected chi connectivity index (χ0v) is 13.0. The number of thiophene rings is 1. The number of aryl methyl sites for hydroxylation is 1. The van der Waals surface area contributed by atoms with Gasteiger partial charge in [0.1, 0.15) is 0 Å². The third-order valence-electron chi connectivity index (χ3n) is 3.10. The van der Waals surface area contributed by atoms with Crippen LogP contribution in [0.1, 0.15) is 16.1 Å². The van der Waals surface area contributed by atoms with Crippen LogP contribution >= 0.6 is 22.9 Å². The molecule has 3 rings (SSSR count). The number of aromatic nitrogens is 2. The Balaban J connectivity index is 2.18. The van der Waals surface area contributed by atoms with Crippen molar-refractivity contribution in [2.75, 3.05) is 7.11 Å². The van der Waals surface area contributed by atoms with Crippen molar-refractivity contribution >= 4 is 39.8 Å². The first-order valence-corrected chi connectivity index (χ1v) is 7.40. The van der Waals surface area contributed by atoms with Gasteiger partial charge in [-0.15, -0.1) is 11.3 Å². The van der Waals surface area contributed by atoms with Crippen LogP contribution in [0.4, 0.5) is 0 Å². The summed E-state index contributed by atoms with van der Waals surface area (Å²) in [6, 6.07) is 8.97. The fraction of sp³-hybridized carbons (Fsp3) is 0.133. The van der Waals surface area contributed by atoms with E-state index in [-0.39, 0.29) is 5.97 Å². The highest BCUT2D eigenvalue weighted by Gasteiger charge is 2.12. The van der Waals surface area contributed by atoms with E-state index in [1.807, 2.05) is 25.1 Å². The number of halogens is 1. The summed E-state index contributed by atoms with van der Waals surface area (Å²) in [5.74, 6) is 0.229. The van der Waals surface area contributed by atoms with Gasteiger partial charge in [-0.1, -0.05) is 17.7 Å². The van der Waals surface area contributed by atoms with Crippen LogP contribution in [0.3, 0.4) is 0 Å². The predicted molar refractivity (Wildman–Crippen MR) is 83.9 cm³/mol. The number of benzene rings is 1. The van der Waals surface area contributed by atoms with Crippen molar-refractivity contribution in [3.05, 3.63) is 45.9 Å². The van der Waals surface area contributed by atoms with Gasteiger partial charge in [0, 0.05) is 11.1 Å². The van der Waals surface area contributed by atoms with E-state index >= 15 is 0 Å². The van der Waals surface area contributed by atoms with Gasteiger partial charge in [-0.05, 0) is 31.2 Å². The third-order valence-corrected chi connectivity index (χ3v) is 4.33. The van der Waals surface area contributed by atoms with Crippen molar-refractivity contribution in [2.24, 2.45) is 0 Å². The van der Waals surface area contributed by atoms with Gasteiger partial charge in [0.25, 0.3) is 0 Å². The van der Waals surface area contributed by atoms with Crippen LogP contribution in [-0.4, -0.2) is 23.0 Å². The number of hydrogen-bond donors (Lipinski definition) is 0. The van der Waals surface area contributed by atoms with Gasteiger partial charge in [-0.2, -0.15) is 0 Å². The molecule has 0 aliphatic carbocycles. The van der Waals surface area contributed by atoms with Crippen LogP contribution in [0.15, 0.2) is 30.3 Å². The lowest BCUT2D eigenvalue weighted by molar-refractivity contribution is 0.0601. The predicted octanol–water partition coefficient (Wildman–Crippen LogP) is 4.11. The Kier molecular flexibility index (Phi) is 3.61. The first kappa shape index (κ1) is 14.0.